The summed E-state index contributed by atoms with van der Waals surface area (Å²) in [6, 6.07) is 0.890. The zero-order chi connectivity index (χ0) is 11.1. The fourth-order valence-electron chi connectivity index (χ4n) is 1.69. The van der Waals surface area contributed by atoms with E-state index in [1.165, 1.54) is 24.3 Å². The van der Waals surface area contributed by atoms with E-state index in [0.717, 1.165) is 6.54 Å². The van der Waals surface area contributed by atoms with Gasteiger partial charge in [-0.05, 0) is 38.2 Å². The highest BCUT2D eigenvalue weighted by molar-refractivity contribution is 7.99. The molecule has 0 spiro atoms. The summed E-state index contributed by atoms with van der Waals surface area (Å²) in [6.45, 7) is 4.79. The van der Waals surface area contributed by atoms with E-state index in [1.807, 2.05) is 25.6 Å². The lowest BCUT2D eigenvalue weighted by molar-refractivity contribution is -0.121. The normalized spacial score (nSPS) is 18.1. The largest absolute Gasteiger partial charge is 0.354 e. The van der Waals surface area contributed by atoms with Crippen LogP contribution in [0.3, 0.4) is 0 Å². The Kier molecular flexibility index (Phi) is 6.10. The Balaban J connectivity index is 2.02. The molecule has 15 heavy (non-hydrogen) atoms. The summed E-state index contributed by atoms with van der Waals surface area (Å²) in [5, 5.41) is 6.35. The third kappa shape index (κ3) is 6.05. The average molecular weight is 230 g/mol. The van der Waals surface area contributed by atoms with Crippen LogP contribution in [0, 0.1) is 0 Å². The molecule has 0 aromatic carbocycles. The molecule has 88 valence electrons. The number of hydrogen-bond acceptors (Lipinski definition) is 3. The highest BCUT2D eigenvalue weighted by Crippen LogP contribution is 2.16. The van der Waals surface area contributed by atoms with Gasteiger partial charge in [0.15, 0.2) is 0 Å². The summed E-state index contributed by atoms with van der Waals surface area (Å²) in [5.74, 6) is 2.67. The molecule has 1 fully saturated rings. The van der Waals surface area contributed by atoms with Gasteiger partial charge in [-0.2, -0.15) is 11.8 Å². The molecular weight excluding hydrogens is 208 g/mol. The molecule has 0 aliphatic carbocycles. The zero-order valence-electron chi connectivity index (χ0n) is 9.71. The molecule has 0 saturated carbocycles. The van der Waals surface area contributed by atoms with Crippen molar-refractivity contribution in [3.05, 3.63) is 0 Å². The molecule has 3 nitrogen and oxygen atoms in total. The Bertz CT molecular complexity index is 191. The molecule has 1 aliphatic rings. The number of carbonyl (C=O) groups is 1. The van der Waals surface area contributed by atoms with Crippen molar-refractivity contribution in [1.29, 1.82) is 0 Å². The minimum atomic E-state index is 0.155. The summed E-state index contributed by atoms with van der Waals surface area (Å²) in [6.07, 6.45) is 3.09. The Hall–Kier alpha value is -0.220. The summed E-state index contributed by atoms with van der Waals surface area (Å²) < 4.78 is 0. The van der Waals surface area contributed by atoms with Gasteiger partial charge >= 0.3 is 0 Å². The molecule has 1 aliphatic heterocycles. The highest BCUT2D eigenvalue weighted by Gasteiger charge is 2.12. The van der Waals surface area contributed by atoms with Crippen molar-refractivity contribution in [3.63, 3.8) is 0 Å². The van der Waals surface area contributed by atoms with Gasteiger partial charge < -0.3 is 10.6 Å². The lowest BCUT2D eigenvalue weighted by Gasteiger charge is -2.22. The Morgan fingerprint density at radius 1 is 1.40 bits per heavy atom. The van der Waals surface area contributed by atoms with Crippen molar-refractivity contribution in [3.8, 4) is 0 Å². The molecular formula is C11H22N2OS. The molecule has 0 atom stereocenters. The molecule has 2 N–H and O–H groups in total. The minimum absolute atomic E-state index is 0.155. The van der Waals surface area contributed by atoms with Crippen LogP contribution in [0.5, 0.6) is 0 Å². The number of thioether (sulfide) groups is 1. The van der Waals surface area contributed by atoms with Gasteiger partial charge in [-0.25, -0.2) is 0 Å². The molecule has 1 heterocycles. The topological polar surface area (TPSA) is 41.1 Å². The van der Waals surface area contributed by atoms with Gasteiger partial charge in [-0.3, -0.25) is 4.79 Å². The van der Waals surface area contributed by atoms with Crippen molar-refractivity contribution < 1.29 is 4.79 Å². The van der Waals surface area contributed by atoms with Crippen molar-refractivity contribution in [2.24, 2.45) is 0 Å². The molecule has 0 bridgehead atoms. The predicted octanol–water partition coefficient (Wildman–Crippen LogP) is 1.39. The van der Waals surface area contributed by atoms with E-state index in [9.17, 15) is 4.79 Å². The van der Waals surface area contributed by atoms with E-state index in [2.05, 4.69) is 10.6 Å². The maximum atomic E-state index is 11.3. The molecule has 1 amide bonds. The quantitative estimate of drug-likeness (QED) is 0.750. The van der Waals surface area contributed by atoms with E-state index in [0.29, 0.717) is 12.5 Å². The van der Waals surface area contributed by atoms with Gasteiger partial charge in [0.1, 0.15) is 0 Å². The number of carbonyl (C=O) groups excluding carboxylic acids is 1. The summed E-state index contributed by atoms with van der Waals surface area (Å²) >= 11 is 2.03. The van der Waals surface area contributed by atoms with Crippen LogP contribution in [0.1, 0.15) is 33.1 Å². The van der Waals surface area contributed by atoms with Crippen molar-refractivity contribution in [2.75, 3.05) is 18.1 Å². The number of hydrogen-bond donors (Lipinski definition) is 2. The van der Waals surface area contributed by atoms with Gasteiger partial charge in [-0.15, -0.1) is 0 Å². The first-order valence-electron chi connectivity index (χ1n) is 5.79. The van der Waals surface area contributed by atoms with Crippen LogP contribution in [0.25, 0.3) is 0 Å². The lowest BCUT2D eigenvalue weighted by atomic mass is 10.1. The highest BCUT2D eigenvalue weighted by atomic mass is 32.2. The van der Waals surface area contributed by atoms with Gasteiger partial charge in [0.05, 0.1) is 0 Å². The SMILES string of the molecule is CC(C)NC(=O)CCNC1CCSCC1. The molecule has 0 aromatic rings. The van der Waals surface area contributed by atoms with Crippen LogP contribution in [0.4, 0.5) is 0 Å². The van der Waals surface area contributed by atoms with Crippen LogP contribution < -0.4 is 10.6 Å². The van der Waals surface area contributed by atoms with E-state index >= 15 is 0 Å². The molecule has 1 rings (SSSR count). The van der Waals surface area contributed by atoms with Crippen LogP contribution in [0.15, 0.2) is 0 Å². The number of nitrogens with one attached hydrogen (secondary N) is 2. The molecule has 0 aromatic heterocycles. The fraction of sp³-hybridized carbons (Fsp3) is 0.909. The van der Waals surface area contributed by atoms with Crippen LogP contribution in [0.2, 0.25) is 0 Å². The van der Waals surface area contributed by atoms with E-state index in [1.54, 1.807) is 0 Å². The predicted molar refractivity (Wildman–Crippen MR) is 66.2 cm³/mol. The van der Waals surface area contributed by atoms with E-state index in [-0.39, 0.29) is 11.9 Å². The molecule has 1 saturated heterocycles. The summed E-state index contributed by atoms with van der Waals surface area (Å²) in [4.78, 5) is 11.3. The fourth-order valence-corrected chi connectivity index (χ4v) is 2.79. The first-order chi connectivity index (χ1) is 7.18. The standard InChI is InChI=1S/C11H22N2OS/c1-9(2)13-11(14)3-6-12-10-4-7-15-8-5-10/h9-10,12H,3-8H2,1-2H3,(H,13,14). The second kappa shape index (κ2) is 7.12. The number of amides is 1. The van der Waals surface area contributed by atoms with Gasteiger partial charge in [-0.1, -0.05) is 0 Å². The van der Waals surface area contributed by atoms with Gasteiger partial charge in [0.25, 0.3) is 0 Å². The average Bonchev–Trinajstić information content (AvgIpc) is 2.18. The smallest absolute Gasteiger partial charge is 0.221 e. The second-order valence-electron chi connectivity index (χ2n) is 4.31. The van der Waals surface area contributed by atoms with E-state index in [4.69, 9.17) is 0 Å². The van der Waals surface area contributed by atoms with Crippen molar-refractivity contribution in [2.45, 2.75) is 45.2 Å². The third-order valence-corrected chi connectivity index (χ3v) is 3.50. The van der Waals surface area contributed by atoms with Crippen LogP contribution in [-0.2, 0) is 4.79 Å². The Labute approximate surface area is 96.8 Å². The van der Waals surface area contributed by atoms with Gasteiger partial charge in [0, 0.05) is 25.0 Å². The summed E-state index contributed by atoms with van der Waals surface area (Å²) in [5.41, 5.74) is 0. The maximum absolute atomic E-state index is 11.3. The zero-order valence-corrected chi connectivity index (χ0v) is 10.5. The van der Waals surface area contributed by atoms with Crippen LogP contribution in [-0.4, -0.2) is 36.0 Å². The lowest BCUT2D eigenvalue weighted by Crippen LogP contribution is -2.37. The van der Waals surface area contributed by atoms with Crippen LogP contribution >= 0.6 is 11.8 Å². The van der Waals surface area contributed by atoms with Crippen molar-refractivity contribution in [1.82, 2.24) is 10.6 Å². The molecule has 0 radical (unpaired) electrons. The molecule has 0 unspecified atom stereocenters. The maximum Gasteiger partial charge on any atom is 0.221 e. The van der Waals surface area contributed by atoms with E-state index < -0.39 is 0 Å². The van der Waals surface area contributed by atoms with Crippen molar-refractivity contribution >= 4 is 17.7 Å². The Morgan fingerprint density at radius 2 is 2.07 bits per heavy atom. The second-order valence-corrected chi connectivity index (χ2v) is 5.54. The first-order valence-corrected chi connectivity index (χ1v) is 6.94. The monoisotopic (exact) mass is 230 g/mol. The first kappa shape index (κ1) is 12.8. The Morgan fingerprint density at radius 3 is 2.67 bits per heavy atom. The number of rotatable bonds is 5. The third-order valence-electron chi connectivity index (χ3n) is 2.46. The van der Waals surface area contributed by atoms with Gasteiger partial charge in [0.2, 0.25) is 5.91 Å². The molecule has 4 heteroatoms. The minimum Gasteiger partial charge on any atom is -0.354 e. The summed E-state index contributed by atoms with van der Waals surface area (Å²) in [7, 11) is 0.